The second-order valence-corrected chi connectivity index (χ2v) is 6.94. The van der Waals surface area contributed by atoms with Crippen LogP contribution in [0.3, 0.4) is 0 Å². The van der Waals surface area contributed by atoms with Crippen LogP contribution in [0.25, 0.3) is 0 Å². The predicted octanol–water partition coefficient (Wildman–Crippen LogP) is 3.54. The minimum atomic E-state index is -1.63. The fourth-order valence-electron chi connectivity index (χ4n) is 1.12. The fraction of sp³-hybridized carbons (Fsp3) is 0.300. The number of hydrogen-bond donors (Lipinski definition) is 2. The van der Waals surface area contributed by atoms with Crippen LogP contribution in [-0.4, -0.2) is 15.9 Å². The van der Waals surface area contributed by atoms with Crippen LogP contribution in [0.15, 0.2) is 24.3 Å². The number of benzene rings is 1. The normalized spacial score (nSPS) is 13.0. The maximum atomic E-state index is 11.0. The molecule has 1 aromatic rings. The van der Waals surface area contributed by atoms with E-state index in [2.05, 4.69) is 33.2 Å². The Balaban J connectivity index is 2.79. The lowest BCUT2D eigenvalue weighted by Crippen LogP contribution is -2.48. The summed E-state index contributed by atoms with van der Waals surface area (Å²) in [6.45, 7) is 1.36. The summed E-state index contributed by atoms with van der Waals surface area (Å²) in [5.41, 5.74) is 0.760. The van der Waals surface area contributed by atoms with Gasteiger partial charge in [-0.05, 0) is 46.9 Å². The molecule has 0 spiro atoms. The number of carbonyl (C=O) groups excluding carboxylic acids is 1. The van der Waals surface area contributed by atoms with Crippen molar-refractivity contribution in [3.05, 3.63) is 27.8 Å². The molecule has 3 nitrogen and oxygen atoms in total. The van der Waals surface area contributed by atoms with Gasteiger partial charge in [0.2, 0.25) is 9.70 Å². The second kappa shape index (κ2) is 6.31. The molecular formula is C10H10Cl3IN2O. The van der Waals surface area contributed by atoms with Crippen LogP contribution in [0, 0.1) is 3.57 Å². The monoisotopic (exact) mass is 406 g/mol. The van der Waals surface area contributed by atoms with Crippen LogP contribution in [0.4, 0.5) is 5.69 Å². The van der Waals surface area contributed by atoms with Gasteiger partial charge in [0.15, 0.2) is 0 Å². The fourth-order valence-corrected chi connectivity index (χ4v) is 1.80. The molecule has 2 N–H and O–H groups in total. The van der Waals surface area contributed by atoms with E-state index < -0.39 is 9.96 Å². The Bertz CT molecular complexity index is 392. The number of anilines is 1. The van der Waals surface area contributed by atoms with Gasteiger partial charge in [0, 0.05) is 16.2 Å². The van der Waals surface area contributed by atoms with E-state index in [4.69, 9.17) is 34.8 Å². The number of amides is 1. The quantitative estimate of drug-likeness (QED) is 0.457. The molecule has 0 saturated carbocycles. The van der Waals surface area contributed by atoms with E-state index in [1.165, 1.54) is 6.92 Å². The third kappa shape index (κ3) is 5.50. The smallest absolute Gasteiger partial charge is 0.228 e. The molecule has 94 valence electrons. The number of halogens is 4. The highest BCUT2D eigenvalue weighted by molar-refractivity contribution is 14.1. The number of alkyl halides is 3. The minimum Gasteiger partial charge on any atom is -0.362 e. The molecule has 7 heteroatoms. The molecule has 0 heterocycles. The summed E-state index contributed by atoms with van der Waals surface area (Å²) < 4.78 is -0.535. The molecule has 0 aliphatic heterocycles. The van der Waals surface area contributed by atoms with Gasteiger partial charge >= 0.3 is 0 Å². The number of hydrogen-bond acceptors (Lipinski definition) is 2. The molecule has 1 amide bonds. The molecule has 0 bridgehead atoms. The Labute approximate surface area is 128 Å². The van der Waals surface area contributed by atoms with Gasteiger partial charge in [-0.15, -0.1) is 0 Å². The first-order valence-corrected chi connectivity index (χ1v) is 6.86. The van der Waals surface area contributed by atoms with Crippen LogP contribution < -0.4 is 10.6 Å². The van der Waals surface area contributed by atoms with Crippen LogP contribution in [0.2, 0.25) is 0 Å². The van der Waals surface area contributed by atoms with Crippen molar-refractivity contribution in [1.82, 2.24) is 5.32 Å². The highest BCUT2D eigenvalue weighted by Gasteiger charge is 2.33. The van der Waals surface area contributed by atoms with Crippen LogP contribution in [0.1, 0.15) is 6.92 Å². The van der Waals surface area contributed by atoms with Gasteiger partial charge in [-0.3, -0.25) is 4.79 Å². The molecule has 17 heavy (non-hydrogen) atoms. The molecule has 1 unspecified atom stereocenters. The third-order valence-corrected chi connectivity index (χ3v) is 3.20. The minimum absolute atomic E-state index is 0.278. The summed E-state index contributed by atoms with van der Waals surface area (Å²) in [6.07, 6.45) is -0.787. The zero-order chi connectivity index (χ0) is 13.1. The first-order chi connectivity index (χ1) is 7.79. The SMILES string of the molecule is CC(=O)NC(Nc1ccc(I)cc1)C(Cl)(Cl)Cl. The molecule has 1 rings (SSSR count). The van der Waals surface area contributed by atoms with E-state index >= 15 is 0 Å². The Hall–Kier alpha value is 0.0900. The van der Waals surface area contributed by atoms with Gasteiger partial charge in [0.25, 0.3) is 0 Å². The maximum Gasteiger partial charge on any atom is 0.228 e. The van der Waals surface area contributed by atoms with E-state index in [0.717, 1.165) is 9.26 Å². The van der Waals surface area contributed by atoms with Crippen molar-refractivity contribution in [1.29, 1.82) is 0 Å². The van der Waals surface area contributed by atoms with Crippen molar-refractivity contribution in [2.75, 3.05) is 5.32 Å². The number of carbonyl (C=O) groups is 1. The van der Waals surface area contributed by atoms with Crippen LogP contribution in [0.5, 0.6) is 0 Å². The van der Waals surface area contributed by atoms with Gasteiger partial charge in [0.1, 0.15) is 6.17 Å². The molecule has 0 saturated heterocycles. The van der Waals surface area contributed by atoms with E-state index in [1.54, 1.807) is 0 Å². The van der Waals surface area contributed by atoms with Gasteiger partial charge in [-0.2, -0.15) is 0 Å². The second-order valence-electron chi connectivity index (χ2n) is 3.33. The van der Waals surface area contributed by atoms with Crippen LogP contribution >= 0.6 is 57.4 Å². The van der Waals surface area contributed by atoms with Crippen molar-refractivity contribution in [3.8, 4) is 0 Å². The van der Waals surface area contributed by atoms with Crippen LogP contribution in [-0.2, 0) is 4.79 Å². The summed E-state index contributed by atoms with van der Waals surface area (Å²) in [5, 5.41) is 5.48. The summed E-state index contributed by atoms with van der Waals surface area (Å²) in [7, 11) is 0. The molecular weight excluding hydrogens is 397 g/mol. The zero-order valence-corrected chi connectivity index (χ0v) is 13.2. The maximum absolute atomic E-state index is 11.0. The Morgan fingerprint density at radius 2 is 1.82 bits per heavy atom. The van der Waals surface area contributed by atoms with Gasteiger partial charge in [-0.1, -0.05) is 34.8 Å². The molecule has 0 radical (unpaired) electrons. The summed E-state index contributed by atoms with van der Waals surface area (Å²) in [6, 6.07) is 7.50. The average molecular weight is 407 g/mol. The Morgan fingerprint density at radius 3 is 2.24 bits per heavy atom. The molecule has 0 fully saturated rings. The summed E-state index contributed by atoms with van der Waals surface area (Å²) in [5.74, 6) is -0.278. The molecule has 0 aliphatic carbocycles. The highest BCUT2D eigenvalue weighted by Crippen LogP contribution is 2.31. The van der Waals surface area contributed by atoms with E-state index in [-0.39, 0.29) is 5.91 Å². The molecule has 1 aromatic carbocycles. The van der Waals surface area contributed by atoms with E-state index in [0.29, 0.717) is 0 Å². The predicted molar refractivity (Wildman–Crippen MR) is 80.7 cm³/mol. The van der Waals surface area contributed by atoms with Crippen molar-refractivity contribution in [3.63, 3.8) is 0 Å². The Morgan fingerprint density at radius 1 is 1.29 bits per heavy atom. The lowest BCUT2D eigenvalue weighted by atomic mass is 10.3. The average Bonchev–Trinajstić information content (AvgIpc) is 2.18. The third-order valence-electron chi connectivity index (χ3n) is 1.83. The van der Waals surface area contributed by atoms with Gasteiger partial charge in [0.05, 0.1) is 0 Å². The standard InChI is InChI=1S/C10H10Cl3IN2O/c1-6(17)15-9(10(11,12)13)16-8-4-2-7(14)3-5-8/h2-5,9,16H,1H3,(H,15,17). The van der Waals surface area contributed by atoms with Crippen molar-refractivity contribution < 1.29 is 4.79 Å². The number of rotatable bonds is 3. The first kappa shape index (κ1) is 15.1. The van der Waals surface area contributed by atoms with E-state index in [9.17, 15) is 4.79 Å². The van der Waals surface area contributed by atoms with Crippen molar-refractivity contribution in [2.45, 2.75) is 16.9 Å². The van der Waals surface area contributed by atoms with Gasteiger partial charge in [-0.25, -0.2) is 0 Å². The lowest BCUT2D eigenvalue weighted by Gasteiger charge is -2.26. The van der Waals surface area contributed by atoms with Crippen molar-refractivity contribution >= 4 is 69.0 Å². The lowest BCUT2D eigenvalue weighted by molar-refractivity contribution is -0.119. The largest absolute Gasteiger partial charge is 0.362 e. The van der Waals surface area contributed by atoms with E-state index in [1.807, 2.05) is 24.3 Å². The molecule has 0 aromatic heterocycles. The Kier molecular flexibility index (Phi) is 5.63. The summed E-state index contributed by atoms with van der Waals surface area (Å²) in [4.78, 5) is 11.0. The number of nitrogens with one attached hydrogen (secondary N) is 2. The highest BCUT2D eigenvalue weighted by atomic mass is 127. The summed E-state index contributed by atoms with van der Waals surface area (Å²) >= 11 is 19.5. The topological polar surface area (TPSA) is 41.1 Å². The first-order valence-electron chi connectivity index (χ1n) is 4.65. The molecule has 1 atom stereocenters. The van der Waals surface area contributed by atoms with Crippen molar-refractivity contribution in [2.24, 2.45) is 0 Å². The zero-order valence-electron chi connectivity index (χ0n) is 8.81. The molecule has 0 aliphatic rings. The van der Waals surface area contributed by atoms with Gasteiger partial charge < -0.3 is 10.6 Å².